The number of amides is 2. The van der Waals surface area contributed by atoms with Crippen molar-refractivity contribution in [1.82, 2.24) is 20.0 Å². The number of morpholine rings is 1. The van der Waals surface area contributed by atoms with Gasteiger partial charge in [0.05, 0.1) is 13.2 Å². The molecule has 1 unspecified atom stereocenters. The largest absolute Gasteiger partial charge is 0.366 e. The van der Waals surface area contributed by atoms with Crippen molar-refractivity contribution in [2.45, 2.75) is 26.4 Å². The number of nitrogens with one attached hydrogen (secondary N) is 1. The second kappa shape index (κ2) is 9.20. The maximum absolute atomic E-state index is 12.5. The molecule has 2 amide bonds. The molecule has 2 aliphatic rings. The minimum atomic E-state index is -0.354. The summed E-state index contributed by atoms with van der Waals surface area (Å²) in [6.45, 7) is 11.0. The molecule has 7 heteroatoms. The van der Waals surface area contributed by atoms with Crippen molar-refractivity contribution in [2.24, 2.45) is 0 Å². The number of nitrogens with zero attached hydrogens (tertiary/aromatic N) is 3. The predicted molar refractivity (Wildman–Crippen MR) is 88.2 cm³/mol. The Labute approximate surface area is 138 Å². The van der Waals surface area contributed by atoms with Crippen molar-refractivity contribution in [1.29, 1.82) is 0 Å². The highest BCUT2D eigenvalue weighted by atomic mass is 16.5. The molecule has 0 radical (unpaired) electrons. The third-order valence-electron chi connectivity index (χ3n) is 4.58. The van der Waals surface area contributed by atoms with Crippen LogP contribution < -0.4 is 5.32 Å². The lowest BCUT2D eigenvalue weighted by atomic mass is 10.2. The molecule has 0 spiro atoms. The van der Waals surface area contributed by atoms with E-state index in [0.29, 0.717) is 26.2 Å². The molecule has 7 nitrogen and oxygen atoms in total. The molecule has 0 aliphatic carbocycles. The summed E-state index contributed by atoms with van der Waals surface area (Å²) in [5.74, 6) is 0.253. The second-order valence-corrected chi connectivity index (χ2v) is 6.08. The molecule has 0 aromatic heterocycles. The minimum Gasteiger partial charge on any atom is -0.366 e. The van der Waals surface area contributed by atoms with Crippen LogP contribution in [0.2, 0.25) is 0 Å². The minimum absolute atomic E-state index is 0.0779. The molecule has 2 saturated heterocycles. The van der Waals surface area contributed by atoms with Gasteiger partial charge in [0.15, 0.2) is 0 Å². The first-order valence-electron chi connectivity index (χ1n) is 8.77. The first-order chi connectivity index (χ1) is 11.2. The number of ether oxygens (including phenoxy) is 1. The third-order valence-corrected chi connectivity index (χ3v) is 4.58. The van der Waals surface area contributed by atoms with Crippen molar-refractivity contribution in [3.63, 3.8) is 0 Å². The van der Waals surface area contributed by atoms with E-state index in [4.69, 9.17) is 4.74 Å². The average Bonchev–Trinajstić information content (AvgIpc) is 2.82. The summed E-state index contributed by atoms with van der Waals surface area (Å²) in [5.41, 5.74) is 0. The summed E-state index contributed by atoms with van der Waals surface area (Å²) in [6.07, 6.45) is 0.546. The van der Waals surface area contributed by atoms with Gasteiger partial charge in [0.2, 0.25) is 5.91 Å². The van der Waals surface area contributed by atoms with E-state index in [2.05, 4.69) is 10.2 Å². The maximum Gasteiger partial charge on any atom is 0.253 e. The molecule has 0 aromatic carbocycles. The van der Waals surface area contributed by atoms with Gasteiger partial charge < -0.3 is 19.9 Å². The lowest BCUT2D eigenvalue weighted by Crippen LogP contribution is -2.50. The number of hydrogen-bond donors (Lipinski definition) is 1. The van der Waals surface area contributed by atoms with Crippen LogP contribution in [0.25, 0.3) is 0 Å². The summed E-state index contributed by atoms with van der Waals surface area (Å²) < 4.78 is 5.56. The number of carbonyl (C=O) groups is 2. The molecule has 132 valence electrons. The van der Waals surface area contributed by atoms with E-state index in [1.165, 1.54) is 0 Å². The van der Waals surface area contributed by atoms with Crippen LogP contribution in [0.1, 0.15) is 20.3 Å². The molecule has 2 aliphatic heterocycles. The third kappa shape index (κ3) is 5.16. The van der Waals surface area contributed by atoms with Gasteiger partial charge in [-0.3, -0.25) is 14.5 Å². The molecule has 0 saturated carbocycles. The van der Waals surface area contributed by atoms with E-state index >= 15 is 0 Å². The van der Waals surface area contributed by atoms with E-state index in [1.807, 2.05) is 23.6 Å². The molecule has 23 heavy (non-hydrogen) atoms. The SMILES string of the molecule is CCN(CC)C(=O)CN1CCCN(C(=O)C2CNCCO2)CC1. The fourth-order valence-corrected chi connectivity index (χ4v) is 3.14. The van der Waals surface area contributed by atoms with E-state index in [0.717, 1.165) is 45.7 Å². The molecule has 2 heterocycles. The molecule has 2 fully saturated rings. The topological polar surface area (TPSA) is 65.1 Å². The van der Waals surface area contributed by atoms with Crippen LogP contribution in [0.5, 0.6) is 0 Å². The predicted octanol–water partition coefficient (Wildman–Crippen LogP) is -0.622. The zero-order valence-electron chi connectivity index (χ0n) is 14.4. The molecule has 0 bridgehead atoms. The number of carbonyl (C=O) groups excluding carboxylic acids is 2. The van der Waals surface area contributed by atoms with Crippen molar-refractivity contribution >= 4 is 11.8 Å². The van der Waals surface area contributed by atoms with Crippen LogP contribution in [0.3, 0.4) is 0 Å². The van der Waals surface area contributed by atoms with Crippen LogP contribution >= 0.6 is 0 Å². The molecule has 1 N–H and O–H groups in total. The van der Waals surface area contributed by atoms with Gasteiger partial charge >= 0.3 is 0 Å². The lowest BCUT2D eigenvalue weighted by molar-refractivity contribution is -0.145. The maximum atomic E-state index is 12.5. The van der Waals surface area contributed by atoms with Gasteiger partial charge in [-0.2, -0.15) is 0 Å². The highest BCUT2D eigenvalue weighted by Crippen LogP contribution is 2.08. The van der Waals surface area contributed by atoms with Crippen LogP contribution in [0.4, 0.5) is 0 Å². The number of likely N-dealkylation sites (N-methyl/N-ethyl adjacent to an activating group) is 1. The lowest BCUT2D eigenvalue weighted by Gasteiger charge is -2.29. The molecule has 2 rings (SSSR count). The zero-order valence-corrected chi connectivity index (χ0v) is 14.4. The second-order valence-electron chi connectivity index (χ2n) is 6.08. The Kier molecular flexibility index (Phi) is 7.26. The summed E-state index contributed by atoms with van der Waals surface area (Å²) in [5, 5.41) is 3.20. The van der Waals surface area contributed by atoms with Crippen LogP contribution in [-0.2, 0) is 14.3 Å². The summed E-state index contributed by atoms with van der Waals surface area (Å²) in [4.78, 5) is 30.6. The van der Waals surface area contributed by atoms with Crippen LogP contribution in [-0.4, -0.2) is 98.1 Å². The standard InChI is InChI=1S/C16H30N4O3/c1-3-19(4-2)15(21)13-18-7-5-8-20(10-9-18)16(22)14-12-17-6-11-23-14/h14,17H,3-13H2,1-2H3. The van der Waals surface area contributed by atoms with Gasteiger partial charge in [-0.05, 0) is 20.3 Å². The highest BCUT2D eigenvalue weighted by Gasteiger charge is 2.28. The van der Waals surface area contributed by atoms with Crippen molar-refractivity contribution < 1.29 is 14.3 Å². The van der Waals surface area contributed by atoms with Crippen molar-refractivity contribution in [3.05, 3.63) is 0 Å². The van der Waals surface area contributed by atoms with E-state index < -0.39 is 0 Å². The van der Waals surface area contributed by atoms with E-state index in [-0.39, 0.29) is 17.9 Å². The monoisotopic (exact) mass is 326 g/mol. The quantitative estimate of drug-likeness (QED) is 0.729. The van der Waals surface area contributed by atoms with E-state index in [1.54, 1.807) is 0 Å². The Balaban J connectivity index is 1.82. The molecular weight excluding hydrogens is 296 g/mol. The van der Waals surface area contributed by atoms with Crippen LogP contribution in [0.15, 0.2) is 0 Å². The average molecular weight is 326 g/mol. The van der Waals surface area contributed by atoms with Gasteiger partial charge in [0.1, 0.15) is 6.10 Å². The molecular formula is C16H30N4O3. The fourth-order valence-electron chi connectivity index (χ4n) is 3.14. The first kappa shape index (κ1) is 18.2. The number of hydrogen-bond acceptors (Lipinski definition) is 5. The van der Waals surface area contributed by atoms with Gasteiger partial charge in [-0.1, -0.05) is 0 Å². The van der Waals surface area contributed by atoms with Gasteiger partial charge in [-0.15, -0.1) is 0 Å². The summed E-state index contributed by atoms with van der Waals surface area (Å²) in [7, 11) is 0. The summed E-state index contributed by atoms with van der Waals surface area (Å²) in [6, 6.07) is 0. The summed E-state index contributed by atoms with van der Waals surface area (Å²) >= 11 is 0. The Morgan fingerprint density at radius 3 is 2.61 bits per heavy atom. The molecule has 1 atom stereocenters. The van der Waals surface area contributed by atoms with Crippen LogP contribution in [0, 0.1) is 0 Å². The first-order valence-corrected chi connectivity index (χ1v) is 8.77. The smallest absolute Gasteiger partial charge is 0.253 e. The van der Waals surface area contributed by atoms with Gasteiger partial charge in [0.25, 0.3) is 5.91 Å². The van der Waals surface area contributed by atoms with Gasteiger partial charge in [-0.25, -0.2) is 0 Å². The Morgan fingerprint density at radius 1 is 1.17 bits per heavy atom. The highest BCUT2D eigenvalue weighted by molar-refractivity contribution is 5.81. The van der Waals surface area contributed by atoms with E-state index in [9.17, 15) is 9.59 Å². The van der Waals surface area contributed by atoms with Gasteiger partial charge in [0, 0.05) is 52.4 Å². The zero-order chi connectivity index (χ0) is 16.7. The normalized spacial score (nSPS) is 23.4. The number of rotatable bonds is 5. The van der Waals surface area contributed by atoms with Crippen molar-refractivity contribution in [2.75, 3.05) is 65.5 Å². The Hall–Kier alpha value is -1.18. The van der Waals surface area contributed by atoms with Crippen molar-refractivity contribution in [3.8, 4) is 0 Å². The Morgan fingerprint density at radius 2 is 1.96 bits per heavy atom. The Bertz CT molecular complexity index is 395. The fraction of sp³-hybridized carbons (Fsp3) is 0.875. The molecule has 0 aromatic rings.